The van der Waals surface area contributed by atoms with E-state index < -0.39 is 0 Å². The molecule has 6 heteroatoms. The molecule has 2 aliphatic heterocycles. The molecule has 0 radical (unpaired) electrons. The van der Waals surface area contributed by atoms with Crippen molar-refractivity contribution in [3.05, 3.63) is 41.7 Å². The number of benzene rings is 1. The first-order chi connectivity index (χ1) is 13.1. The zero-order valence-corrected chi connectivity index (χ0v) is 16.1. The van der Waals surface area contributed by atoms with Gasteiger partial charge >= 0.3 is 0 Å². The molecule has 1 fully saturated rings. The van der Waals surface area contributed by atoms with Gasteiger partial charge in [-0.05, 0) is 44.9 Å². The van der Waals surface area contributed by atoms with Crippen LogP contribution in [0.4, 0.5) is 11.4 Å². The summed E-state index contributed by atoms with van der Waals surface area (Å²) in [5, 5.41) is 7.40. The molecule has 1 saturated heterocycles. The highest BCUT2D eigenvalue weighted by molar-refractivity contribution is 5.96. The van der Waals surface area contributed by atoms with Gasteiger partial charge in [0.25, 0.3) is 0 Å². The number of carbonyl (C=O) groups is 1. The van der Waals surface area contributed by atoms with Crippen LogP contribution in [0.15, 0.2) is 35.5 Å². The molecule has 2 aliphatic rings. The molecule has 2 aromatic rings. The molecule has 0 aliphatic carbocycles. The molecule has 27 heavy (non-hydrogen) atoms. The zero-order chi connectivity index (χ0) is 18.8. The lowest BCUT2D eigenvalue weighted by molar-refractivity contribution is -0.117. The molecule has 3 heterocycles. The number of hydrogen-bond acceptors (Lipinski definition) is 4. The maximum absolute atomic E-state index is 12.5. The highest BCUT2D eigenvalue weighted by atomic mass is 16.2. The fraction of sp³-hybridized carbons (Fsp3) is 0.476. The summed E-state index contributed by atoms with van der Waals surface area (Å²) in [5.41, 5.74) is 5.39. The molecule has 1 amide bonds. The summed E-state index contributed by atoms with van der Waals surface area (Å²) in [6, 6.07) is 8.39. The first-order valence-corrected chi connectivity index (χ1v) is 9.84. The van der Waals surface area contributed by atoms with Crippen LogP contribution >= 0.6 is 0 Å². The molecular formula is C21H27N5O. The Morgan fingerprint density at radius 2 is 2.19 bits per heavy atom. The smallest absolute Gasteiger partial charge is 0.238 e. The Labute approximate surface area is 160 Å². The number of aliphatic imine (C=N–C) groups is 1. The van der Waals surface area contributed by atoms with Crippen LogP contribution in [0, 0.1) is 12.8 Å². The van der Waals surface area contributed by atoms with E-state index >= 15 is 0 Å². The molecule has 142 valence electrons. The molecule has 0 bridgehead atoms. The third-order valence-electron chi connectivity index (χ3n) is 5.52. The van der Waals surface area contributed by atoms with E-state index in [0.29, 0.717) is 12.5 Å². The summed E-state index contributed by atoms with van der Waals surface area (Å²) < 4.78 is 1.85. The highest BCUT2D eigenvalue weighted by Crippen LogP contribution is 2.31. The summed E-state index contributed by atoms with van der Waals surface area (Å²) in [6.07, 6.45) is 5.13. The SMILES string of the molecule is CCn1cc(NC(=O)CN2CCCC(C3=Nc4ccccc4C3)C2)c(C)n1. The Morgan fingerprint density at radius 3 is 2.96 bits per heavy atom. The number of amides is 1. The number of nitrogens with one attached hydrogen (secondary N) is 1. The predicted molar refractivity (Wildman–Crippen MR) is 108 cm³/mol. The van der Waals surface area contributed by atoms with Crippen LogP contribution in [-0.4, -0.2) is 45.9 Å². The largest absolute Gasteiger partial charge is 0.322 e. The van der Waals surface area contributed by atoms with Crippen molar-refractivity contribution in [1.29, 1.82) is 0 Å². The van der Waals surface area contributed by atoms with Crippen molar-refractivity contribution in [2.24, 2.45) is 10.9 Å². The number of carbonyl (C=O) groups excluding carboxylic acids is 1. The third-order valence-corrected chi connectivity index (χ3v) is 5.52. The summed E-state index contributed by atoms with van der Waals surface area (Å²) >= 11 is 0. The number of aryl methyl sites for hydroxylation is 2. The molecule has 1 atom stereocenters. The summed E-state index contributed by atoms with van der Waals surface area (Å²) in [4.78, 5) is 19.6. The van der Waals surface area contributed by atoms with Gasteiger partial charge in [-0.15, -0.1) is 0 Å². The maximum atomic E-state index is 12.5. The summed E-state index contributed by atoms with van der Waals surface area (Å²) in [5.74, 6) is 0.481. The second-order valence-corrected chi connectivity index (χ2v) is 7.51. The minimum absolute atomic E-state index is 0.0334. The monoisotopic (exact) mass is 365 g/mol. The zero-order valence-electron chi connectivity index (χ0n) is 16.1. The van der Waals surface area contributed by atoms with Gasteiger partial charge in [0.15, 0.2) is 0 Å². The number of piperidine rings is 1. The lowest BCUT2D eigenvalue weighted by atomic mass is 9.91. The van der Waals surface area contributed by atoms with Crippen LogP contribution in [0.5, 0.6) is 0 Å². The van der Waals surface area contributed by atoms with Crippen LogP contribution in [0.1, 0.15) is 31.0 Å². The van der Waals surface area contributed by atoms with Gasteiger partial charge in [0, 0.05) is 37.3 Å². The average Bonchev–Trinajstić information content (AvgIpc) is 3.25. The van der Waals surface area contributed by atoms with Gasteiger partial charge in [0.05, 0.1) is 23.6 Å². The normalized spacial score (nSPS) is 19.6. The molecular weight excluding hydrogens is 338 g/mol. The highest BCUT2D eigenvalue weighted by Gasteiger charge is 2.28. The fourth-order valence-electron chi connectivity index (χ4n) is 4.06. The van der Waals surface area contributed by atoms with Crippen molar-refractivity contribution < 1.29 is 4.79 Å². The minimum Gasteiger partial charge on any atom is -0.322 e. The molecule has 1 aromatic heterocycles. The predicted octanol–water partition coefficient (Wildman–Crippen LogP) is 3.19. The van der Waals surface area contributed by atoms with Gasteiger partial charge < -0.3 is 5.32 Å². The van der Waals surface area contributed by atoms with Gasteiger partial charge in [-0.3, -0.25) is 19.4 Å². The Morgan fingerprint density at radius 1 is 1.33 bits per heavy atom. The quantitative estimate of drug-likeness (QED) is 0.885. The number of rotatable bonds is 5. The van der Waals surface area contributed by atoms with Crippen molar-refractivity contribution in [2.75, 3.05) is 25.0 Å². The number of anilines is 1. The van der Waals surface area contributed by atoms with E-state index in [2.05, 4.69) is 33.5 Å². The first-order valence-electron chi connectivity index (χ1n) is 9.84. The molecule has 1 N–H and O–H groups in total. The topological polar surface area (TPSA) is 62.5 Å². The van der Waals surface area contributed by atoms with Crippen molar-refractivity contribution in [3.8, 4) is 0 Å². The first kappa shape index (κ1) is 17.9. The standard InChI is InChI=1S/C21H27N5O/c1-3-26-13-20(15(2)24-26)23-21(27)14-25-10-6-8-17(12-25)19-11-16-7-4-5-9-18(16)22-19/h4-5,7,9,13,17H,3,6,8,10-12,14H2,1-2H3,(H,23,27). The van der Waals surface area contributed by atoms with Crippen LogP contribution in [0.25, 0.3) is 0 Å². The van der Waals surface area contributed by atoms with Gasteiger partial charge in [0.2, 0.25) is 5.91 Å². The van der Waals surface area contributed by atoms with Crippen molar-refractivity contribution in [1.82, 2.24) is 14.7 Å². The second kappa shape index (κ2) is 7.64. The van der Waals surface area contributed by atoms with Gasteiger partial charge in [-0.1, -0.05) is 18.2 Å². The molecule has 0 saturated carbocycles. The van der Waals surface area contributed by atoms with Crippen molar-refractivity contribution in [3.63, 3.8) is 0 Å². The van der Waals surface area contributed by atoms with E-state index in [9.17, 15) is 4.79 Å². The van der Waals surface area contributed by atoms with Crippen LogP contribution in [-0.2, 0) is 17.8 Å². The van der Waals surface area contributed by atoms with Crippen LogP contribution in [0.2, 0.25) is 0 Å². The number of likely N-dealkylation sites (tertiary alicyclic amines) is 1. The number of para-hydroxylation sites is 1. The van der Waals surface area contributed by atoms with Gasteiger partial charge in [0.1, 0.15) is 0 Å². The number of hydrogen-bond donors (Lipinski definition) is 1. The molecule has 1 aromatic carbocycles. The second-order valence-electron chi connectivity index (χ2n) is 7.51. The fourth-order valence-corrected chi connectivity index (χ4v) is 4.06. The maximum Gasteiger partial charge on any atom is 0.238 e. The lowest BCUT2D eigenvalue weighted by Crippen LogP contribution is -2.42. The number of aromatic nitrogens is 2. The van der Waals surface area contributed by atoms with Crippen molar-refractivity contribution in [2.45, 2.75) is 39.7 Å². The molecule has 6 nitrogen and oxygen atoms in total. The van der Waals surface area contributed by atoms with Crippen LogP contribution in [0.3, 0.4) is 0 Å². The minimum atomic E-state index is 0.0334. The van der Waals surface area contributed by atoms with E-state index in [4.69, 9.17) is 4.99 Å². The van der Waals surface area contributed by atoms with Crippen molar-refractivity contribution >= 4 is 23.0 Å². The van der Waals surface area contributed by atoms with E-state index in [-0.39, 0.29) is 5.91 Å². The molecule has 4 rings (SSSR count). The molecule has 0 spiro atoms. The van der Waals surface area contributed by atoms with E-state index in [1.165, 1.54) is 11.3 Å². The number of nitrogens with zero attached hydrogens (tertiary/aromatic N) is 4. The lowest BCUT2D eigenvalue weighted by Gasteiger charge is -2.32. The Balaban J connectivity index is 1.35. The van der Waals surface area contributed by atoms with E-state index in [0.717, 1.165) is 56.0 Å². The summed E-state index contributed by atoms with van der Waals surface area (Å²) in [6.45, 7) is 7.07. The Kier molecular flexibility index (Phi) is 5.07. The number of fused-ring (bicyclic) bond motifs is 1. The van der Waals surface area contributed by atoms with Crippen LogP contribution < -0.4 is 5.32 Å². The van der Waals surface area contributed by atoms with Gasteiger partial charge in [-0.2, -0.15) is 5.10 Å². The third kappa shape index (κ3) is 3.95. The summed E-state index contributed by atoms with van der Waals surface area (Å²) in [7, 11) is 0. The van der Waals surface area contributed by atoms with E-state index in [1.807, 2.05) is 30.8 Å². The average molecular weight is 365 g/mol. The molecule has 1 unspecified atom stereocenters. The Bertz CT molecular complexity index is 869. The Hall–Kier alpha value is -2.47. The van der Waals surface area contributed by atoms with Gasteiger partial charge in [-0.25, -0.2) is 0 Å². The van der Waals surface area contributed by atoms with E-state index in [1.54, 1.807) is 0 Å².